The topological polar surface area (TPSA) is 55.5 Å². The SMILES string of the molecule is COc1cccc(Br)c1.NCCO. The molecule has 74 valence electrons. The molecule has 1 aromatic rings. The summed E-state index contributed by atoms with van der Waals surface area (Å²) in [6.07, 6.45) is 0. The standard InChI is InChI=1S/C7H7BrO.C2H7NO/c1-9-7-4-2-3-6(8)5-7;3-1-2-4/h2-5H,1H3;4H,1-3H2. The van der Waals surface area contributed by atoms with Crippen molar-refractivity contribution in [1.82, 2.24) is 0 Å². The van der Waals surface area contributed by atoms with Crippen LogP contribution in [0.3, 0.4) is 0 Å². The molecule has 0 saturated carbocycles. The van der Waals surface area contributed by atoms with Gasteiger partial charge in [0, 0.05) is 11.0 Å². The molecule has 0 unspecified atom stereocenters. The Morgan fingerprint density at radius 1 is 1.54 bits per heavy atom. The predicted octanol–water partition coefficient (Wildman–Crippen LogP) is 1.40. The number of benzene rings is 1. The monoisotopic (exact) mass is 247 g/mol. The van der Waals surface area contributed by atoms with E-state index in [0.29, 0.717) is 6.54 Å². The molecule has 0 heterocycles. The summed E-state index contributed by atoms with van der Waals surface area (Å²) in [5, 5.41) is 7.75. The van der Waals surface area contributed by atoms with Gasteiger partial charge in [0.1, 0.15) is 5.75 Å². The largest absolute Gasteiger partial charge is 0.497 e. The Morgan fingerprint density at radius 3 is 2.46 bits per heavy atom. The minimum absolute atomic E-state index is 0.0972. The third-order valence-electron chi connectivity index (χ3n) is 1.16. The lowest BCUT2D eigenvalue weighted by atomic mass is 10.3. The fraction of sp³-hybridized carbons (Fsp3) is 0.333. The Morgan fingerprint density at radius 2 is 2.15 bits per heavy atom. The van der Waals surface area contributed by atoms with E-state index in [1.807, 2.05) is 24.3 Å². The second-order valence-corrected chi connectivity index (χ2v) is 3.09. The summed E-state index contributed by atoms with van der Waals surface area (Å²) in [6.45, 7) is 0.472. The van der Waals surface area contributed by atoms with E-state index in [1.54, 1.807) is 7.11 Å². The first-order chi connectivity index (χ1) is 6.24. The van der Waals surface area contributed by atoms with Gasteiger partial charge < -0.3 is 15.6 Å². The van der Waals surface area contributed by atoms with Gasteiger partial charge in [-0.15, -0.1) is 0 Å². The highest BCUT2D eigenvalue weighted by molar-refractivity contribution is 9.10. The van der Waals surface area contributed by atoms with Crippen molar-refractivity contribution < 1.29 is 9.84 Å². The van der Waals surface area contributed by atoms with E-state index in [9.17, 15) is 0 Å². The maximum Gasteiger partial charge on any atom is 0.119 e. The summed E-state index contributed by atoms with van der Waals surface area (Å²) in [6, 6.07) is 7.72. The highest BCUT2D eigenvalue weighted by atomic mass is 79.9. The first-order valence-electron chi connectivity index (χ1n) is 3.85. The molecule has 0 aliphatic rings. The number of hydrogen-bond acceptors (Lipinski definition) is 3. The highest BCUT2D eigenvalue weighted by Crippen LogP contribution is 2.16. The summed E-state index contributed by atoms with van der Waals surface area (Å²) in [5.74, 6) is 0.879. The maximum absolute atomic E-state index is 7.75. The van der Waals surface area contributed by atoms with Crippen LogP contribution in [0, 0.1) is 0 Å². The molecular formula is C9H14BrNO2. The Labute approximate surface area is 86.6 Å². The second-order valence-electron chi connectivity index (χ2n) is 2.17. The number of halogens is 1. The van der Waals surface area contributed by atoms with Gasteiger partial charge in [-0.25, -0.2) is 0 Å². The molecule has 0 aliphatic heterocycles. The minimum atomic E-state index is 0.0972. The molecule has 13 heavy (non-hydrogen) atoms. The van der Waals surface area contributed by atoms with E-state index in [4.69, 9.17) is 15.6 Å². The van der Waals surface area contributed by atoms with Crippen LogP contribution >= 0.6 is 15.9 Å². The molecule has 1 aromatic carbocycles. The smallest absolute Gasteiger partial charge is 0.119 e. The minimum Gasteiger partial charge on any atom is -0.497 e. The molecule has 0 saturated heterocycles. The summed E-state index contributed by atoms with van der Waals surface area (Å²) >= 11 is 3.32. The average molecular weight is 248 g/mol. The quantitative estimate of drug-likeness (QED) is 0.831. The van der Waals surface area contributed by atoms with Gasteiger partial charge in [0.15, 0.2) is 0 Å². The van der Waals surface area contributed by atoms with E-state index in [1.165, 1.54) is 0 Å². The summed E-state index contributed by atoms with van der Waals surface area (Å²) in [5.41, 5.74) is 4.78. The van der Waals surface area contributed by atoms with E-state index < -0.39 is 0 Å². The number of nitrogens with two attached hydrogens (primary N) is 1. The Hall–Kier alpha value is -0.580. The molecule has 0 radical (unpaired) electrons. The normalized spacial score (nSPS) is 8.62. The van der Waals surface area contributed by atoms with Crippen molar-refractivity contribution in [1.29, 1.82) is 0 Å². The lowest BCUT2D eigenvalue weighted by Crippen LogP contribution is -2.02. The molecule has 4 heteroatoms. The molecule has 3 nitrogen and oxygen atoms in total. The van der Waals surface area contributed by atoms with Gasteiger partial charge in [-0.2, -0.15) is 0 Å². The third-order valence-corrected chi connectivity index (χ3v) is 1.65. The van der Waals surface area contributed by atoms with Gasteiger partial charge in [0.25, 0.3) is 0 Å². The van der Waals surface area contributed by atoms with Crippen LogP contribution in [0.1, 0.15) is 0 Å². The molecule has 0 bridgehead atoms. The van der Waals surface area contributed by atoms with Crippen LogP contribution in [0.5, 0.6) is 5.75 Å². The van der Waals surface area contributed by atoms with Crippen molar-refractivity contribution in [3.05, 3.63) is 28.7 Å². The second kappa shape index (κ2) is 8.04. The Kier molecular flexibility index (Phi) is 7.68. The van der Waals surface area contributed by atoms with E-state index in [0.717, 1.165) is 10.2 Å². The Balaban J connectivity index is 0.000000310. The van der Waals surface area contributed by atoms with Crippen LogP contribution in [0.2, 0.25) is 0 Å². The lowest BCUT2D eigenvalue weighted by molar-refractivity contribution is 0.306. The van der Waals surface area contributed by atoms with Crippen molar-refractivity contribution in [3.8, 4) is 5.75 Å². The number of ether oxygens (including phenoxy) is 1. The number of hydrogen-bond donors (Lipinski definition) is 2. The number of aliphatic hydroxyl groups is 1. The summed E-state index contributed by atoms with van der Waals surface area (Å²) in [7, 11) is 1.65. The van der Waals surface area contributed by atoms with E-state index >= 15 is 0 Å². The van der Waals surface area contributed by atoms with Crippen molar-refractivity contribution in [2.75, 3.05) is 20.3 Å². The van der Waals surface area contributed by atoms with Gasteiger partial charge in [-0.3, -0.25) is 0 Å². The molecule has 1 rings (SSSR count). The number of aliphatic hydroxyl groups excluding tert-OH is 1. The maximum atomic E-state index is 7.75. The first-order valence-corrected chi connectivity index (χ1v) is 4.64. The number of methoxy groups -OCH3 is 1. The predicted molar refractivity (Wildman–Crippen MR) is 56.8 cm³/mol. The zero-order valence-electron chi connectivity index (χ0n) is 7.53. The third kappa shape index (κ3) is 6.57. The molecular weight excluding hydrogens is 234 g/mol. The van der Waals surface area contributed by atoms with Crippen LogP contribution in [0.25, 0.3) is 0 Å². The van der Waals surface area contributed by atoms with Gasteiger partial charge in [-0.1, -0.05) is 22.0 Å². The Bertz CT molecular complexity index is 229. The zero-order chi connectivity index (χ0) is 10.1. The molecule has 0 atom stereocenters. The average Bonchev–Trinajstić information content (AvgIpc) is 2.18. The number of rotatable bonds is 2. The van der Waals surface area contributed by atoms with Crippen LogP contribution < -0.4 is 10.5 Å². The fourth-order valence-corrected chi connectivity index (χ4v) is 0.972. The highest BCUT2D eigenvalue weighted by Gasteiger charge is 1.88. The molecule has 0 aliphatic carbocycles. The molecule has 0 amide bonds. The molecule has 0 aromatic heterocycles. The van der Waals surface area contributed by atoms with Gasteiger partial charge in [0.05, 0.1) is 13.7 Å². The zero-order valence-corrected chi connectivity index (χ0v) is 9.12. The molecule has 0 fully saturated rings. The van der Waals surface area contributed by atoms with Gasteiger partial charge in [-0.05, 0) is 18.2 Å². The van der Waals surface area contributed by atoms with Crippen molar-refractivity contribution in [3.63, 3.8) is 0 Å². The van der Waals surface area contributed by atoms with E-state index in [2.05, 4.69) is 15.9 Å². The van der Waals surface area contributed by atoms with Gasteiger partial charge >= 0.3 is 0 Å². The summed E-state index contributed by atoms with van der Waals surface area (Å²) in [4.78, 5) is 0. The fourth-order valence-electron chi connectivity index (χ4n) is 0.594. The van der Waals surface area contributed by atoms with Crippen LogP contribution in [-0.2, 0) is 0 Å². The first kappa shape index (κ1) is 12.4. The molecule has 3 N–H and O–H groups in total. The van der Waals surface area contributed by atoms with E-state index in [-0.39, 0.29) is 6.61 Å². The molecule has 0 spiro atoms. The van der Waals surface area contributed by atoms with Crippen molar-refractivity contribution in [2.24, 2.45) is 5.73 Å². The van der Waals surface area contributed by atoms with Crippen LogP contribution in [0.15, 0.2) is 28.7 Å². The van der Waals surface area contributed by atoms with Crippen LogP contribution in [0.4, 0.5) is 0 Å². The van der Waals surface area contributed by atoms with Crippen molar-refractivity contribution in [2.45, 2.75) is 0 Å². The van der Waals surface area contributed by atoms with Gasteiger partial charge in [0.2, 0.25) is 0 Å². The summed E-state index contributed by atoms with van der Waals surface area (Å²) < 4.78 is 6.01. The van der Waals surface area contributed by atoms with Crippen LogP contribution in [-0.4, -0.2) is 25.4 Å². The van der Waals surface area contributed by atoms with Crippen molar-refractivity contribution >= 4 is 15.9 Å². The lowest BCUT2D eigenvalue weighted by Gasteiger charge is -1.96.